The summed E-state index contributed by atoms with van der Waals surface area (Å²) < 4.78 is 14.8. The van der Waals surface area contributed by atoms with E-state index in [2.05, 4.69) is 20.4 Å². The number of benzene rings is 1. The molecular formula is C19H19ClFN5O2. The molecule has 0 saturated carbocycles. The van der Waals surface area contributed by atoms with Crippen molar-refractivity contribution in [2.75, 3.05) is 5.32 Å². The van der Waals surface area contributed by atoms with Crippen LogP contribution in [0.3, 0.4) is 0 Å². The molecule has 0 radical (unpaired) electrons. The van der Waals surface area contributed by atoms with E-state index in [-0.39, 0.29) is 22.9 Å². The van der Waals surface area contributed by atoms with Gasteiger partial charge in [-0.25, -0.2) is 14.1 Å². The van der Waals surface area contributed by atoms with Gasteiger partial charge in [0.25, 0.3) is 5.56 Å². The van der Waals surface area contributed by atoms with Crippen LogP contribution in [0.15, 0.2) is 29.1 Å². The van der Waals surface area contributed by atoms with Crippen LogP contribution in [0.2, 0.25) is 5.02 Å². The Morgan fingerprint density at radius 2 is 2.04 bits per heavy atom. The number of anilines is 1. The van der Waals surface area contributed by atoms with Crippen LogP contribution in [0.5, 0.6) is 0 Å². The Morgan fingerprint density at radius 3 is 2.71 bits per heavy atom. The first-order valence-electron chi connectivity index (χ1n) is 8.63. The number of hydrogen-bond donors (Lipinski definition) is 2. The van der Waals surface area contributed by atoms with Crippen molar-refractivity contribution >= 4 is 23.2 Å². The van der Waals surface area contributed by atoms with E-state index >= 15 is 0 Å². The average Bonchev–Trinajstić information content (AvgIpc) is 2.90. The molecule has 3 rings (SSSR count). The molecule has 1 aromatic carbocycles. The quantitative estimate of drug-likeness (QED) is 0.684. The normalized spacial score (nSPS) is 10.9. The van der Waals surface area contributed by atoms with Crippen LogP contribution in [0, 0.1) is 26.6 Å². The van der Waals surface area contributed by atoms with Crippen molar-refractivity contribution < 1.29 is 9.18 Å². The van der Waals surface area contributed by atoms with Gasteiger partial charge in [0.2, 0.25) is 11.9 Å². The fraction of sp³-hybridized carbons (Fsp3) is 0.263. The van der Waals surface area contributed by atoms with Gasteiger partial charge >= 0.3 is 0 Å². The predicted molar refractivity (Wildman–Crippen MR) is 105 cm³/mol. The van der Waals surface area contributed by atoms with E-state index in [0.717, 1.165) is 17.0 Å². The van der Waals surface area contributed by atoms with Crippen LogP contribution < -0.4 is 10.9 Å². The smallest absolute Gasteiger partial charge is 0.252 e. The SMILES string of the molecule is Cc1cc(=O)[nH]c(-n2nc(C)c(CCC(=O)Nc3ccc(F)c(Cl)c3)c2C)n1. The summed E-state index contributed by atoms with van der Waals surface area (Å²) in [6.45, 7) is 5.43. The van der Waals surface area contributed by atoms with E-state index < -0.39 is 5.82 Å². The van der Waals surface area contributed by atoms with Crippen LogP contribution in [0.4, 0.5) is 10.1 Å². The lowest BCUT2D eigenvalue weighted by atomic mass is 10.1. The molecule has 3 aromatic rings. The number of carbonyl (C=O) groups is 1. The Bertz CT molecular complexity index is 1110. The summed E-state index contributed by atoms with van der Waals surface area (Å²) in [6, 6.07) is 5.42. The lowest BCUT2D eigenvalue weighted by molar-refractivity contribution is -0.116. The number of halogens is 2. The highest BCUT2D eigenvalue weighted by Gasteiger charge is 2.16. The monoisotopic (exact) mass is 403 g/mol. The Morgan fingerprint density at radius 1 is 1.29 bits per heavy atom. The number of amides is 1. The molecule has 0 aliphatic rings. The van der Waals surface area contributed by atoms with Gasteiger partial charge in [0.05, 0.1) is 10.7 Å². The minimum absolute atomic E-state index is 0.0505. The van der Waals surface area contributed by atoms with Gasteiger partial charge in [-0.1, -0.05) is 11.6 Å². The van der Waals surface area contributed by atoms with Crippen LogP contribution in [-0.2, 0) is 11.2 Å². The maximum Gasteiger partial charge on any atom is 0.252 e. The number of carbonyl (C=O) groups excluding carboxylic acids is 1. The second-order valence-corrected chi connectivity index (χ2v) is 6.86. The second-order valence-electron chi connectivity index (χ2n) is 6.45. The number of aryl methyl sites for hydroxylation is 2. The van der Waals surface area contributed by atoms with Crippen LogP contribution in [-0.4, -0.2) is 25.7 Å². The first-order valence-corrected chi connectivity index (χ1v) is 9.00. The van der Waals surface area contributed by atoms with E-state index in [1.54, 1.807) is 11.6 Å². The Kier molecular flexibility index (Phi) is 5.60. The molecule has 7 nitrogen and oxygen atoms in total. The number of nitrogens with one attached hydrogen (secondary N) is 2. The van der Waals surface area contributed by atoms with Crippen molar-refractivity contribution in [2.24, 2.45) is 0 Å². The van der Waals surface area contributed by atoms with E-state index in [1.165, 1.54) is 24.3 Å². The molecule has 2 aromatic heterocycles. The number of aromatic nitrogens is 4. The third-order valence-corrected chi connectivity index (χ3v) is 4.59. The number of aromatic amines is 1. The van der Waals surface area contributed by atoms with Crippen LogP contribution >= 0.6 is 11.6 Å². The molecule has 9 heteroatoms. The van der Waals surface area contributed by atoms with E-state index in [0.29, 0.717) is 23.8 Å². The molecular weight excluding hydrogens is 385 g/mol. The largest absolute Gasteiger partial charge is 0.326 e. The standard InChI is InChI=1S/C19H19ClFN5O2/c1-10-8-18(28)24-19(22-10)26-12(3)14(11(2)25-26)5-7-17(27)23-13-4-6-16(21)15(20)9-13/h4,6,8-9H,5,7H2,1-3H3,(H,23,27)(H,22,24,28). The number of rotatable bonds is 5. The van der Waals surface area contributed by atoms with Crippen LogP contribution in [0.25, 0.3) is 5.95 Å². The maximum atomic E-state index is 13.2. The molecule has 1 amide bonds. The third kappa shape index (κ3) is 4.28. The average molecular weight is 404 g/mol. The molecule has 0 bridgehead atoms. The zero-order chi connectivity index (χ0) is 20.4. The zero-order valence-electron chi connectivity index (χ0n) is 15.6. The Hall–Kier alpha value is -3.00. The molecule has 2 heterocycles. The van der Waals surface area contributed by atoms with Gasteiger partial charge < -0.3 is 5.32 Å². The fourth-order valence-corrected chi connectivity index (χ4v) is 3.12. The fourth-order valence-electron chi connectivity index (χ4n) is 2.94. The minimum atomic E-state index is -0.541. The molecule has 146 valence electrons. The molecule has 0 atom stereocenters. The van der Waals surface area contributed by atoms with E-state index in [9.17, 15) is 14.0 Å². The lowest BCUT2D eigenvalue weighted by Crippen LogP contribution is -2.15. The predicted octanol–water partition coefficient (Wildman–Crippen LogP) is 3.24. The summed E-state index contributed by atoms with van der Waals surface area (Å²) in [7, 11) is 0. The van der Waals surface area contributed by atoms with Crippen molar-refractivity contribution in [1.29, 1.82) is 0 Å². The number of H-pyrrole nitrogens is 1. The molecule has 28 heavy (non-hydrogen) atoms. The van der Waals surface area contributed by atoms with Gasteiger partial charge in [-0.3, -0.25) is 14.6 Å². The summed E-state index contributed by atoms with van der Waals surface area (Å²) in [4.78, 5) is 30.9. The molecule has 0 fully saturated rings. The van der Waals surface area contributed by atoms with Crippen molar-refractivity contribution in [3.8, 4) is 5.95 Å². The minimum Gasteiger partial charge on any atom is -0.326 e. The highest BCUT2D eigenvalue weighted by molar-refractivity contribution is 6.31. The molecule has 0 spiro atoms. The Labute approximate surface area is 165 Å². The summed E-state index contributed by atoms with van der Waals surface area (Å²) in [5, 5.41) is 7.08. The maximum absolute atomic E-state index is 13.2. The summed E-state index contributed by atoms with van der Waals surface area (Å²) in [5.74, 6) is -0.431. The second kappa shape index (κ2) is 7.93. The van der Waals surface area contributed by atoms with Gasteiger partial charge in [0, 0.05) is 29.6 Å². The van der Waals surface area contributed by atoms with E-state index in [4.69, 9.17) is 11.6 Å². The van der Waals surface area contributed by atoms with Gasteiger partial charge in [0.1, 0.15) is 5.82 Å². The molecule has 2 N–H and O–H groups in total. The zero-order valence-corrected chi connectivity index (χ0v) is 16.4. The van der Waals surface area contributed by atoms with Gasteiger partial charge in [-0.15, -0.1) is 0 Å². The van der Waals surface area contributed by atoms with E-state index in [1.807, 2.05) is 13.8 Å². The highest BCUT2D eigenvalue weighted by Crippen LogP contribution is 2.21. The topological polar surface area (TPSA) is 92.7 Å². The van der Waals surface area contributed by atoms with Crippen molar-refractivity contribution in [1.82, 2.24) is 19.7 Å². The van der Waals surface area contributed by atoms with Crippen LogP contribution in [0.1, 0.15) is 29.1 Å². The number of hydrogen-bond acceptors (Lipinski definition) is 4. The van der Waals surface area contributed by atoms with Gasteiger partial charge in [-0.2, -0.15) is 5.10 Å². The third-order valence-electron chi connectivity index (χ3n) is 4.30. The van der Waals surface area contributed by atoms with Crippen molar-refractivity contribution in [2.45, 2.75) is 33.6 Å². The lowest BCUT2D eigenvalue weighted by Gasteiger charge is -2.07. The highest BCUT2D eigenvalue weighted by atomic mass is 35.5. The van der Waals surface area contributed by atoms with Gasteiger partial charge in [0.15, 0.2) is 0 Å². The first kappa shape index (κ1) is 19.8. The van der Waals surface area contributed by atoms with Gasteiger partial charge in [-0.05, 0) is 51.0 Å². The Balaban J connectivity index is 1.74. The number of nitrogens with zero attached hydrogens (tertiary/aromatic N) is 3. The molecule has 0 saturated heterocycles. The van der Waals surface area contributed by atoms with Crippen molar-refractivity contribution in [3.63, 3.8) is 0 Å². The molecule has 0 aliphatic carbocycles. The first-order chi connectivity index (χ1) is 13.2. The summed E-state index contributed by atoms with van der Waals surface area (Å²) in [5.41, 5.74) is 3.21. The van der Waals surface area contributed by atoms with Crippen molar-refractivity contribution in [3.05, 3.63) is 68.1 Å². The molecule has 0 unspecified atom stereocenters. The summed E-state index contributed by atoms with van der Waals surface area (Å²) >= 11 is 5.73. The molecule has 0 aliphatic heterocycles. The summed E-state index contributed by atoms with van der Waals surface area (Å²) in [6.07, 6.45) is 0.661.